The third kappa shape index (κ3) is 6.82. The Bertz CT molecular complexity index is 1870. The molecule has 0 aromatic heterocycles. The maximum atomic E-state index is 14.3. The van der Waals surface area contributed by atoms with Crippen LogP contribution in [0.3, 0.4) is 0 Å². The maximum Gasteiger partial charge on any atom is 0.134 e. The fourth-order valence-corrected chi connectivity index (χ4v) is 11.5. The first-order chi connectivity index (χ1) is 25.9. The fourth-order valence-electron chi connectivity index (χ4n) is 7.60. The van der Waals surface area contributed by atoms with E-state index in [4.69, 9.17) is 37.9 Å². The van der Waals surface area contributed by atoms with Gasteiger partial charge in [0.1, 0.15) is 51.8 Å². The minimum atomic E-state index is -1.48. The van der Waals surface area contributed by atoms with Gasteiger partial charge in [-0.2, -0.15) is 0 Å². The molecule has 0 spiro atoms. The van der Waals surface area contributed by atoms with Crippen LogP contribution in [0.15, 0.2) is 91.0 Å². The van der Waals surface area contributed by atoms with Crippen LogP contribution in [-0.2, 0) is 4.79 Å². The number of hydrogen-bond acceptors (Lipinski definition) is 9. The zero-order chi connectivity index (χ0) is 37.6. The lowest BCUT2D eigenvalue weighted by molar-refractivity contribution is -0.119. The summed E-state index contributed by atoms with van der Waals surface area (Å²) in [6.45, 7) is 0. The van der Waals surface area contributed by atoms with E-state index in [1.54, 1.807) is 56.9 Å². The van der Waals surface area contributed by atoms with Crippen LogP contribution in [0.4, 0.5) is 0 Å². The molecule has 2 atom stereocenters. The second-order valence-corrected chi connectivity index (χ2v) is 14.8. The summed E-state index contributed by atoms with van der Waals surface area (Å²) >= 11 is 0. The number of hydrogen-bond donors (Lipinski definition) is 0. The van der Waals surface area contributed by atoms with Gasteiger partial charge in [0.2, 0.25) is 0 Å². The first-order valence-corrected chi connectivity index (χ1v) is 18.6. The standard InChI is InChI=1S/C43H45O9P/c1-45-29-16-10-17-30(46-2)39(29)27-14-9-15-28(40-31(47-3)18-11-19-32(40)48-4)43(27)53-37(41-33(49-5)20-12-21-34(41)50-6)24-26(44)25-38(53)42-35(51-7)22-13-23-36(42)52-8/h9-23,37-38H,24-25H2,1-8H3. The summed E-state index contributed by atoms with van der Waals surface area (Å²) in [5.74, 6) is 5.16. The quantitative estimate of drug-likeness (QED) is 0.110. The molecule has 0 radical (unpaired) electrons. The van der Waals surface area contributed by atoms with Gasteiger partial charge in [-0.05, 0) is 65.0 Å². The van der Waals surface area contributed by atoms with Gasteiger partial charge in [0.05, 0.1) is 68.0 Å². The molecule has 1 saturated heterocycles. The van der Waals surface area contributed by atoms with E-state index >= 15 is 0 Å². The zero-order valence-corrected chi connectivity index (χ0v) is 32.2. The largest absolute Gasteiger partial charge is 0.496 e. The molecule has 9 nitrogen and oxygen atoms in total. The van der Waals surface area contributed by atoms with Gasteiger partial charge < -0.3 is 37.9 Å². The molecule has 6 rings (SSSR count). The predicted octanol–water partition coefficient (Wildman–Crippen LogP) is 9.04. The summed E-state index contributed by atoms with van der Waals surface area (Å²) in [6.07, 6.45) is 0.493. The third-order valence-electron chi connectivity index (χ3n) is 9.80. The molecule has 0 saturated carbocycles. The summed E-state index contributed by atoms with van der Waals surface area (Å²) in [5, 5.41) is 0.983. The van der Waals surface area contributed by atoms with Crippen LogP contribution < -0.4 is 43.2 Å². The van der Waals surface area contributed by atoms with Gasteiger partial charge >= 0.3 is 0 Å². The van der Waals surface area contributed by atoms with Crippen LogP contribution in [0.1, 0.15) is 35.3 Å². The van der Waals surface area contributed by atoms with Crippen molar-refractivity contribution in [3.63, 3.8) is 0 Å². The number of carbonyl (C=O) groups is 1. The lowest BCUT2D eigenvalue weighted by Crippen LogP contribution is -2.27. The van der Waals surface area contributed by atoms with Crippen molar-refractivity contribution in [2.45, 2.75) is 24.2 Å². The second kappa shape index (κ2) is 16.5. The molecule has 5 aromatic rings. The summed E-state index contributed by atoms with van der Waals surface area (Å²) in [5.41, 5.74) is 4.16. The monoisotopic (exact) mass is 736 g/mol. The molecule has 0 amide bonds. The zero-order valence-electron chi connectivity index (χ0n) is 31.4. The lowest BCUT2D eigenvalue weighted by atomic mass is 9.96. The molecule has 5 aromatic carbocycles. The normalized spacial score (nSPS) is 16.8. The smallest absolute Gasteiger partial charge is 0.134 e. The Hall–Kier alpha value is -5.40. The van der Waals surface area contributed by atoms with E-state index in [-0.39, 0.29) is 18.6 Å². The first kappa shape index (κ1) is 37.4. The van der Waals surface area contributed by atoms with Crippen LogP contribution in [0.2, 0.25) is 0 Å². The Balaban J connectivity index is 1.86. The van der Waals surface area contributed by atoms with E-state index < -0.39 is 19.2 Å². The number of benzene rings is 5. The van der Waals surface area contributed by atoms with Crippen molar-refractivity contribution < 1.29 is 42.7 Å². The number of Topliss-reactive ketones (excluding diaryl/α,β-unsaturated/α-hetero) is 1. The molecule has 0 aliphatic carbocycles. The van der Waals surface area contributed by atoms with E-state index in [2.05, 4.69) is 12.1 Å². The molecule has 10 heteroatoms. The summed E-state index contributed by atoms with van der Waals surface area (Å²) in [4.78, 5) is 14.3. The van der Waals surface area contributed by atoms with Gasteiger partial charge in [-0.1, -0.05) is 50.4 Å². The van der Waals surface area contributed by atoms with E-state index in [1.165, 1.54) is 0 Å². The van der Waals surface area contributed by atoms with Crippen molar-refractivity contribution in [2.75, 3.05) is 56.9 Å². The van der Waals surface area contributed by atoms with E-state index in [1.807, 2.05) is 78.9 Å². The Morgan fingerprint density at radius 1 is 0.415 bits per heavy atom. The van der Waals surface area contributed by atoms with Crippen molar-refractivity contribution in [3.8, 4) is 68.2 Å². The SMILES string of the molecule is COc1cccc(OC)c1-c1cccc(-c2c(OC)cccc2OC)c1P1C(c2c(OC)cccc2OC)CC(=O)CC1c1c(OC)cccc1OC. The highest BCUT2D eigenvalue weighted by atomic mass is 31.1. The van der Waals surface area contributed by atoms with Gasteiger partial charge in [0.15, 0.2) is 0 Å². The minimum Gasteiger partial charge on any atom is -0.496 e. The minimum absolute atomic E-state index is 0.100. The predicted molar refractivity (Wildman–Crippen MR) is 209 cm³/mol. The highest BCUT2D eigenvalue weighted by Crippen LogP contribution is 2.72. The average molecular weight is 737 g/mol. The van der Waals surface area contributed by atoms with Crippen LogP contribution in [0, 0.1) is 0 Å². The Labute approximate surface area is 312 Å². The number of ketones is 1. The molecule has 53 heavy (non-hydrogen) atoms. The molecule has 2 unspecified atom stereocenters. The van der Waals surface area contributed by atoms with E-state index in [0.717, 1.165) is 38.7 Å². The molecular weight excluding hydrogens is 691 g/mol. The summed E-state index contributed by atoms with van der Waals surface area (Å²) in [6, 6.07) is 29.2. The number of rotatable bonds is 13. The molecular formula is C43H45O9P. The summed E-state index contributed by atoms with van der Waals surface area (Å²) < 4.78 is 48.4. The first-order valence-electron chi connectivity index (χ1n) is 17.2. The van der Waals surface area contributed by atoms with Gasteiger partial charge in [-0.15, -0.1) is 0 Å². The third-order valence-corrected chi connectivity index (χ3v) is 13.0. The van der Waals surface area contributed by atoms with Gasteiger partial charge in [-0.25, -0.2) is 0 Å². The van der Waals surface area contributed by atoms with Gasteiger partial charge in [-0.3, -0.25) is 4.79 Å². The molecule has 276 valence electrons. The van der Waals surface area contributed by atoms with Gasteiger partial charge in [0, 0.05) is 35.3 Å². The Morgan fingerprint density at radius 2 is 0.679 bits per heavy atom. The number of carbonyl (C=O) groups excluding carboxylic acids is 1. The Morgan fingerprint density at radius 3 is 0.962 bits per heavy atom. The van der Waals surface area contributed by atoms with Crippen LogP contribution in [-0.4, -0.2) is 62.7 Å². The highest BCUT2D eigenvalue weighted by molar-refractivity contribution is 7.67. The molecule has 0 bridgehead atoms. The van der Waals surface area contributed by atoms with E-state index in [9.17, 15) is 4.79 Å². The average Bonchev–Trinajstić information content (AvgIpc) is 3.21. The highest BCUT2D eigenvalue weighted by Gasteiger charge is 2.46. The van der Waals surface area contributed by atoms with Crippen LogP contribution in [0.5, 0.6) is 46.0 Å². The molecule has 0 N–H and O–H groups in total. The van der Waals surface area contributed by atoms with E-state index in [0.29, 0.717) is 46.0 Å². The maximum absolute atomic E-state index is 14.3. The van der Waals surface area contributed by atoms with Gasteiger partial charge in [0.25, 0.3) is 0 Å². The van der Waals surface area contributed by atoms with Crippen molar-refractivity contribution >= 4 is 19.0 Å². The summed E-state index contributed by atoms with van der Waals surface area (Å²) in [7, 11) is 11.7. The topological polar surface area (TPSA) is 90.9 Å². The van der Waals surface area contributed by atoms with Crippen LogP contribution in [0.25, 0.3) is 22.3 Å². The second-order valence-electron chi connectivity index (χ2n) is 12.3. The molecule has 1 aliphatic rings. The van der Waals surface area contributed by atoms with Crippen molar-refractivity contribution in [1.29, 1.82) is 0 Å². The van der Waals surface area contributed by atoms with Crippen molar-refractivity contribution in [2.24, 2.45) is 0 Å². The molecule has 1 fully saturated rings. The Kier molecular flexibility index (Phi) is 11.6. The van der Waals surface area contributed by atoms with Crippen LogP contribution >= 0.6 is 7.92 Å². The van der Waals surface area contributed by atoms with Crippen molar-refractivity contribution in [1.82, 2.24) is 0 Å². The lowest BCUT2D eigenvalue weighted by Gasteiger charge is -2.42. The number of ether oxygens (including phenoxy) is 8. The number of methoxy groups -OCH3 is 8. The van der Waals surface area contributed by atoms with Crippen molar-refractivity contribution in [3.05, 3.63) is 102 Å². The molecule has 1 heterocycles. The fraction of sp³-hybridized carbons (Fsp3) is 0.279. The molecule has 1 aliphatic heterocycles.